The van der Waals surface area contributed by atoms with Crippen molar-refractivity contribution in [3.05, 3.63) is 59.3 Å². The van der Waals surface area contributed by atoms with Crippen molar-refractivity contribution < 1.29 is 5.11 Å². The zero-order valence-corrected chi connectivity index (χ0v) is 15.5. The van der Waals surface area contributed by atoms with Crippen molar-refractivity contribution in [3.8, 4) is 5.75 Å². The predicted molar refractivity (Wildman–Crippen MR) is 102 cm³/mol. The summed E-state index contributed by atoms with van der Waals surface area (Å²) >= 11 is 0. The highest BCUT2D eigenvalue weighted by atomic mass is 16.3. The van der Waals surface area contributed by atoms with E-state index in [2.05, 4.69) is 35.6 Å². The molecule has 134 valence electrons. The van der Waals surface area contributed by atoms with Crippen LogP contribution in [0.3, 0.4) is 0 Å². The van der Waals surface area contributed by atoms with Gasteiger partial charge in [0.05, 0.1) is 5.69 Å². The Labute approximate surface area is 153 Å². The van der Waals surface area contributed by atoms with Crippen molar-refractivity contribution in [3.63, 3.8) is 0 Å². The Bertz CT molecular complexity index is 962. The highest BCUT2D eigenvalue weighted by Gasteiger charge is 2.23. The van der Waals surface area contributed by atoms with E-state index < -0.39 is 0 Å². The van der Waals surface area contributed by atoms with Crippen LogP contribution in [0.1, 0.15) is 43.5 Å². The smallest absolute Gasteiger partial charge is 0.141 e. The van der Waals surface area contributed by atoms with E-state index in [4.69, 9.17) is 4.98 Å². The van der Waals surface area contributed by atoms with Gasteiger partial charge in [0.25, 0.3) is 0 Å². The third kappa shape index (κ3) is 3.27. The molecule has 4 rings (SSSR count). The average molecular weight is 348 g/mol. The molecule has 5 heteroatoms. The van der Waals surface area contributed by atoms with Gasteiger partial charge in [-0.05, 0) is 12.1 Å². The Morgan fingerprint density at radius 1 is 1.12 bits per heavy atom. The van der Waals surface area contributed by atoms with Crippen LogP contribution >= 0.6 is 0 Å². The lowest BCUT2D eigenvalue weighted by Gasteiger charge is -2.28. The predicted octanol–water partition coefficient (Wildman–Crippen LogP) is 3.59. The van der Waals surface area contributed by atoms with Gasteiger partial charge in [0.1, 0.15) is 17.1 Å². The molecule has 2 aromatic heterocycles. The lowest BCUT2D eigenvalue weighted by atomic mass is 9.95. The maximum atomic E-state index is 10.0. The molecule has 3 heterocycles. The lowest BCUT2D eigenvalue weighted by molar-refractivity contribution is 0.239. The highest BCUT2D eigenvalue weighted by molar-refractivity contribution is 5.84. The van der Waals surface area contributed by atoms with E-state index in [9.17, 15) is 5.11 Å². The van der Waals surface area contributed by atoms with Crippen molar-refractivity contribution in [2.75, 3.05) is 6.54 Å². The Morgan fingerprint density at radius 3 is 2.77 bits per heavy atom. The molecule has 0 spiro atoms. The number of para-hydroxylation sites is 1. The minimum atomic E-state index is -0.0246. The molecular formula is C21H24N4O. The molecule has 0 radical (unpaired) electrons. The first-order valence-corrected chi connectivity index (χ1v) is 9.05. The summed E-state index contributed by atoms with van der Waals surface area (Å²) in [5.74, 6) is 1.15. The summed E-state index contributed by atoms with van der Waals surface area (Å²) in [6.45, 7) is 8.97. The van der Waals surface area contributed by atoms with Gasteiger partial charge in [0, 0.05) is 54.3 Å². The summed E-state index contributed by atoms with van der Waals surface area (Å²) in [5, 5.41) is 11.0. The summed E-state index contributed by atoms with van der Waals surface area (Å²) < 4.78 is 0. The van der Waals surface area contributed by atoms with Crippen molar-refractivity contribution in [1.82, 2.24) is 19.9 Å². The monoisotopic (exact) mass is 348 g/mol. The van der Waals surface area contributed by atoms with Gasteiger partial charge in [0.2, 0.25) is 0 Å². The van der Waals surface area contributed by atoms with Crippen LogP contribution in [-0.4, -0.2) is 31.5 Å². The zero-order valence-electron chi connectivity index (χ0n) is 15.5. The fourth-order valence-corrected chi connectivity index (χ4v) is 3.36. The number of hydrogen-bond donors (Lipinski definition) is 1. The summed E-state index contributed by atoms with van der Waals surface area (Å²) in [5.41, 5.74) is 3.98. The maximum absolute atomic E-state index is 10.0. The molecule has 0 unspecified atom stereocenters. The van der Waals surface area contributed by atoms with E-state index in [1.807, 2.05) is 30.5 Å². The number of benzene rings is 1. The maximum Gasteiger partial charge on any atom is 0.141 e. The molecule has 5 nitrogen and oxygen atoms in total. The SMILES string of the molecule is CC(C)(C)c1ncc2c(n1)CCN(Cc1ccc3cccc(O)c3n1)C2. The van der Waals surface area contributed by atoms with Crippen LogP contribution < -0.4 is 0 Å². The Kier molecular flexibility index (Phi) is 4.11. The van der Waals surface area contributed by atoms with Crippen LogP contribution in [0.5, 0.6) is 5.75 Å². The van der Waals surface area contributed by atoms with Crippen LogP contribution in [-0.2, 0) is 24.9 Å². The number of aromatic nitrogens is 3. The average Bonchev–Trinajstić information content (AvgIpc) is 2.61. The van der Waals surface area contributed by atoms with E-state index in [0.717, 1.165) is 43.0 Å². The van der Waals surface area contributed by atoms with Crippen molar-refractivity contribution in [2.24, 2.45) is 0 Å². The summed E-state index contributed by atoms with van der Waals surface area (Å²) in [7, 11) is 0. The largest absolute Gasteiger partial charge is 0.506 e. The number of fused-ring (bicyclic) bond motifs is 2. The molecule has 0 saturated carbocycles. The van der Waals surface area contributed by atoms with Crippen molar-refractivity contribution >= 4 is 10.9 Å². The molecule has 0 saturated heterocycles. The zero-order chi connectivity index (χ0) is 18.3. The second-order valence-electron chi connectivity index (χ2n) is 8.03. The Hall–Kier alpha value is -2.53. The van der Waals surface area contributed by atoms with E-state index >= 15 is 0 Å². The minimum absolute atomic E-state index is 0.0246. The molecule has 1 aromatic carbocycles. The Morgan fingerprint density at radius 2 is 1.96 bits per heavy atom. The standard InChI is InChI=1S/C21H24N4O/c1-21(2,3)20-22-11-15-12-25(10-9-17(15)24-20)13-16-8-7-14-5-4-6-18(26)19(14)23-16/h4-8,11,26H,9-10,12-13H2,1-3H3. The molecular weight excluding hydrogens is 324 g/mol. The van der Waals surface area contributed by atoms with Crippen LogP contribution in [0.25, 0.3) is 10.9 Å². The number of pyridine rings is 1. The van der Waals surface area contributed by atoms with Gasteiger partial charge < -0.3 is 5.11 Å². The van der Waals surface area contributed by atoms with Gasteiger partial charge >= 0.3 is 0 Å². The number of rotatable bonds is 2. The first kappa shape index (κ1) is 16.9. The third-order valence-corrected chi connectivity index (χ3v) is 4.83. The number of aromatic hydroxyl groups is 1. The van der Waals surface area contributed by atoms with Crippen LogP contribution in [0, 0.1) is 0 Å². The molecule has 0 atom stereocenters. The first-order valence-electron chi connectivity index (χ1n) is 9.05. The van der Waals surface area contributed by atoms with E-state index in [1.165, 1.54) is 11.3 Å². The molecule has 26 heavy (non-hydrogen) atoms. The van der Waals surface area contributed by atoms with Gasteiger partial charge in [-0.25, -0.2) is 15.0 Å². The van der Waals surface area contributed by atoms with Crippen molar-refractivity contribution in [2.45, 2.75) is 45.7 Å². The summed E-state index contributed by atoms with van der Waals surface area (Å²) in [4.78, 5) is 16.4. The first-order chi connectivity index (χ1) is 12.4. The normalized spacial score (nSPS) is 15.2. The second kappa shape index (κ2) is 6.32. The molecule has 0 amide bonds. The van der Waals surface area contributed by atoms with E-state index in [1.54, 1.807) is 6.07 Å². The van der Waals surface area contributed by atoms with Crippen LogP contribution in [0.2, 0.25) is 0 Å². The Balaban J connectivity index is 1.54. The third-order valence-electron chi connectivity index (χ3n) is 4.83. The second-order valence-corrected chi connectivity index (χ2v) is 8.03. The lowest BCUT2D eigenvalue weighted by Crippen LogP contribution is -2.32. The number of phenolic OH excluding ortho intramolecular Hbond substituents is 1. The molecule has 1 N–H and O–H groups in total. The van der Waals surface area contributed by atoms with Gasteiger partial charge in [-0.2, -0.15) is 0 Å². The molecule has 0 bridgehead atoms. The summed E-state index contributed by atoms with van der Waals surface area (Å²) in [6.07, 6.45) is 2.91. The van der Waals surface area contributed by atoms with Crippen molar-refractivity contribution in [1.29, 1.82) is 0 Å². The fourth-order valence-electron chi connectivity index (χ4n) is 3.36. The van der Waals surface area contributed by atoms with E-state index in [-0.39, 0.29) is 11.2 Å². The highest BCUT2D eigenvalue weighted by Crippen LogP contribution is 2.25. The molecule has 3 aromatic rings. The quantitative estimate of drug-likeness (QED) is 0.767. The van der Waals surface area contributed by atoms with Gasteiger partial charge in [-0.15, -0.1) is 0 Å². The number of nitrogens with zero attached hydrogens (tertiary/aromatic N) is 4. The van der Waals surface area contributed by atoms with Crippen LogP contribution in [0.4, 0.5) is 0 Å². The number of phenols is 1. The van der Waals surface area contributed by atoms with Crippen LogP contribution in [0.15, 0.2) is 36.5 Å². The van der Waals surface area contributed by atoms with Gasteiger partial charge in [0.15, 0.2) is 0 Å². The minimum Gasteiger partial charge on any atom is -0.506 e. The molecule has 0 fully saturated rings. The van der Waals surface area contributed by atoms with Gasteiger partial charge in [-0.3, -0.25) is 4.90 Å². The van der Waals surface area contributed by atoms with E-state index in [0.29, 0.717) is 5.52 Å². The van der Waals surface area contributed by atoms with Gasteiger partial charge in [-0.1, -0.05) is 39.0 Å². The molecule has 1 aliphatic rings. The fraction of sp³-hybridized carbons (Fsp3) is 0.381. The molecule has 1 aliphatic heterocycles. The molecule has 0 aliphatic carbocycles. The number of hydrogen-bond acceptors (Lipinski definition) is 5. The topological polar surface area (TPSA) is 62.1 Å². The summed E-state index contributed by atoms with van der Waals surface area (Å²) in [6, 6.07) is 9.55.